The summed E-state index contributed by atoms with van der Waals surface area (Å²) in [5, 5.41) is 0. The summed E-state index contributed by atoms with van der Waals surface area (Å²) in [4.78, 5) is 0. The quantitative estimate of drug-likeness (QED) is 0.564. The summed E-state index contributed by atoms with van der Waals surface area (Å²) < 4.78 is 98.4. The maximum atomic E-state index is 12.4. The van der Waals surface area contributed by atoms with Crippen molar-refractivity contribution in [3.8, 4) is 0 Å². The second kappa shape index (κ2) is 5.75. The minimum absolute atomic E-state index is 2.88. The van der Waals surface area contributed by atoms with E-state index in [0.717, 1.165) is 0 Å². The third-order valence-corrected chi connectivity index (χ3v) is 1.99. The van der Waals surface area contributed by atoms with Crippen LogP contribution in [0.1, 0.15) is 0 Å². The molecular formula is C6H4Cl2F8O. The maximum absolute atomic E-state index is 12.4. The Kier molecular flexibility index (Phi) is 5.74. The molecule has 0 rings (SSSR count). The normalized spacial score (nSPS) is 20.8. The molecule has 0 aromatic heterocycles. The van der Waals surface area contributed by atoms with Crippen LogP contribution in [0, 0.1) is 0 Å². The average Bonchev–Trinajstić information content (AvgIpc) is 2.12. The molecule has 0 bridgehead atoms. The molecule has 17 heavy (non-hydrogen) atoms. The van der Waals surface area contributed by atoms with E-state index in [9.17, 15) is 35.1 Å². The van der Waals surface area contributed by atoms with E-state index in [1.54, 1.807) is 0 Å². The molecule has 4 unspecified atom stereocenters. The topological polar surface area (TPSA) is 9.23 Å². The zero-order valence-corrected chi connectivity index (χ0v) is 9.01. The Morgan fingerprint density at radius 1 is 0.706 bits per heavy atom. The summed E-state index contributed by atoms with van der Waals surface area (Å²) in [6.07, 6.45) is -18.5. The first-order chi connectivity index (χ1) is 7.37. The van der Waals surface area contributed by atoms with Gasteiger partial charge >= 0.3 is 12.4 Å². The zero-order valence-electron chi connectivity index (χ0n) is 7.50. The van der Waals surface area contributed by atoms with Crippen LogP contribution in [0.4, 0.5) is 35.1 Å². The molecule has 1 nitrogen and oxygen atoms in total. The minimum Gasteiger partial charge on any atom is -0.337 e. The van der Waals surface area contributed by atoms with Crippen LogP contribution in [0.2, 0.25) is 0 Å². The molecule has 0 N–H and O–H groups in total. The molecule has 0 saturated heterocycles. The van der Waals surface area contributed by atoms with Gasteiger partial charge in [0.1, 0.15) is 0 Å². The van der Waals surface area contributed by atoms with Crippen LogP contribution in [0.15, 0.2) is 0 Å². The molecule has 0 spiro atoms. The predicted molar refractivity (Wildman–Crippen MR) is 42.3 cm³/mol. The Hall–Kier alpha value is -0.0200. The van der Waals surface area contributed by atoms with Gasteiger partial charge in [0.2, 0.25) is 12.3 Å². The molecule has 0 heterocycles. The van der Waals surface area contributed by atoms with Gasteiger partial charge in [0.15, 0.2) is 11.1 Å². The number of alkyl halides is 10. The molecule has 0 saturated carbocycles. The number of hydrogen-bond donors (Lipinski definition) is 0. The van der Waals surface area contributed by atoms with Crippen LogP contribution < -0.4 is 0 Å². The van der Waals surface area contributed by atoms with E-state index >= 15 is 0 Å². The van der Waals surface area contributed by atoms with Crippen LogP contribution >= 0.6 is 23.2 Å². The van der Waals surface area contributed by atoms with E-state index < -0.39 is 35.8 Å². The van der Waals surface area contributed by atoms with Crippen molar-refractivity contribution in [2.24, 2.45) is 0 Å². The molecule has 4 atom stereocenters. The van der Waals surface area contributed by atoms with Crippen molar-refractivity contribution in [2.45, 2.75) is 35.8 Å². The molecule has 11 heteroatoms. The highest BCUT2D eigenvalue weighted by molar-refractivity contribution is 6.22. The Morgan fingerprint density at radius 2 is 0.941 bits per heavy atom. The Labute approximate surface area is 99.6 Å². The maximum Gasteiger partial charge on any atom is 0.423 e. The first-order valence-corrected chi connectivity index (χ1v) is 4.60. The van der Waals surface area contributed by atoms with Gasteiger partial charge in [-0.15, -0.1) is 0 Å². The highest BCUT2D eigenvalue weighted by atomic mass is 35.5. The fourth-order valence-corrected chi connectivity index (χ4v) is 1.12. The largest absolute Gasteiger partial charge is 0.423 e. The third kappa shape index (κ3) is 5.43. The summed E-state index contributed by atoms with van der Waals surface area (Å²) in [6.45, 7) is 0. The van der Waals surface area contributed by atoms with Crippen molar-refractivity contribution >= 4 is 23.2 Å². The summed E-state index contributed by atoms with van der Waals surface area (Å²) in [6, 6.07) is 0. The SMILES string of the molecule is FC(C(Cl)OC(Cl)C(F)C(F)(F)F)C(F)(F)F. The molecule has 0 aromatic rings. The van der Waals surface area contributed by atoms with Crippen molar-refractivity contribution in [2.75, 3.05) is 0 Å². The fraction of sp³-hybridized carbons (Fsp3) is 1.00. The van der Waals surface area contributed by atoms with E-state index in [4.69, 9.17) is 0 Å². The smallest absolute Gasteiger partial charge is 0.337 e. The molecule has 0 aliphatic rings. The highest BCUT2D eigenvalue weighted by Gasteiger charge is 2.50. The highest BCUT2D eigenvalue weighted by Crippen LogP contribution is 2.33. The van der Waals surface area contributed by atoms with Crippen molar-refractivity contribution in [3.63, 3.8) is 0 Å². The molecular weight excluding hydrogens is 311 g/mol. The summed E-state index contributed by atoms with van der Waals surface area (Å²) >= 11 is 9.34. The second-order valence-electron chi connectivity index (χ2n) is 2.73. The molecule has 0 radical (unpaired) electrons. The van der Waals surface area contributed by atoms with Crippen LogP contribution in [-0.2, 0) is 4.74 Å². The zero-order chi connectivity index (χ0) is 14.0. The van der Waals surface area contributed by atoms with E-state index in [1.807, 2.05) is 0 Å². The molecule has 0 aromatic carbocycles. The van der Waals surface area contributed by atoms with Crippen molar-refractivity contribution < 1.29 is 39.9 Å². The number of halogens is 10. The lowest BCUT2D eigenvalue weighted by Crippen LogP contribution is -2.41. The summed E-state index contributed by atoms with van der Waals surface area (Å²) in [5.74, 6) is 0. The lowest BCUT2D eigenvalue weighted by Gasteiger charge is -2.23. The number of rotatable bonds is 4. The lowest BCUT2D eigenvalue weighted by molar-refractivity contribution is -0.223. The standard InChI is InChI=1S/C6H4Cl2F8O/c7-3(1(9)5(11,12)13)17-4(8)2(10)6(14,15)16/h1-4H. The Bertz CT molecular complexity index is 217. The van der Waals surface area contributed by atoms with Gasteiger partial charge < -0.3 is 4.74 Å². The van der Waals surface area contributed by atoms with Gasteiger partial charge in [0.25, 0.3) is 0 Å². The van der Waals surface area contributed by atoms with Gasteiger partial charge in [0.05, 0.1) is 0 Å². The first kappa shape index (κ1) is 17.0. The average molecular weight is 315 g/mol. The summed E-state index contributed by atoms with van der Waals surface area (Å²) in [5.41, 5.74) is -5.75. The van der Waals surface area contributed by atoms with Crippen molar-refractivity contribution in [1.82, 2.24) is 0 Å². The van der Waals surface area contributed by atoms with Gasteiger partial charge in [-0.2, -0.15) is 26.3 Å². The van der Waals surface area contributed by atoms with E-state index in [1.165, 1.54) is 0 Å². The van der Waals surface area contributed by atoms with Gasteiger partial charge in [-0.1, -0.05) is 23.2 Å². The Balaban J connectivity index is 4.45. The monoisotopic (exact) mass is 314 g/mol. The first-order valence-electron chi connectivity index (χ1n) is 3.72. The van der Waals surface area contributed by atoms with Gasteiger partial charge in [-0.05, 0) is 0 Å². The summed E-state index contributed by atoms with van der Waals surface area (Å²) in [7, 11) is 0. The van der Waals surface area contributed by atoms with Crippen molar-refractivity contribution in [3.05, 3.63) is 0 Å². The van der Waals surface area contributed by atoms with E-state index in [2.05, 4.69) is 27.9 Å². The van der Waals surface area contributed by atoms with E-state index in [-0.39, 0.29) is 0 Å². The number of ether oxygens (including phenoxy) is 1. The van der Waals surface area contributed by atoms with Crippen molar-refractivity contribution in [1.29, 1.82) is 0 Å². The molecule has 0 amide bonds. The molecule has 0 aliphatic carbocycles. The molecule has 0 aliphatic heterocycles. The van der Waals surface area contributed by atoms with Crippen LogP contribution in [0.5, 0.6) is 0 Å². The van der Waals surface area contributed by atoms with Gasteiger partial charge in [0, 0.05) is 0 Å². The van der Waals surface area contributed by atoms with Crippen LogP contribution in [-0.4, -0.2) is 35.8 Å². The Morgan fingerprint density at radius 3 is 1.12 bits per heavy atom. The predicted octanol–water partition coefficient (Wildman–Crippen LogP) is 3.93. The van der Waals surface area contributed by atoms with Crippen LogP contribution in [0.25, 0.3) is 0 Å². The number of hydrogen-bond acceptors (Lipinski definition) is 1. The minimum atomic E-state index is -5.45. The molecule has 0 fully saturated rings. The van der Waals surface area contributed by atoms with Gasteiger partial charge in [-0.3, -0.25) is 0 Å². The molecule has 104 valence electrons. The fourth-order valence-electron chi connectivity index (χ4n) is 0.559. The van der Waals surface area contributed by atoms with Gasteiger partial charge in [-0.25, -0.2) is 8.78 Å². The van der Waals surface area contributed by atoms with E-state index in [0.29, 0.717) is 0 Å². The third-order valence-electron chi connectivity index (χ3n) is 1.35. The lowest BCUT2D eigenvalue weighted by atomic mass is 10.3. The van der Waals surface area contributed by atoms with Crippen LogP contribution in [0.3, 0.4) is 0 Å². The second-order valence-corrected chi connectivity index (χ2v) is 3.59.